The molecule has 1 nitrogen and oxygen atoms in total. The van der Waals surface area contributed by atoms with E-state index in [1.54, 1.807) is 0 Å². The van der Waals surface area contributed by atoms with E-state index in [0.717, 1.165) is 19.1 Å². The van der Waals surface area contributed by atoms with Crippen molar-refractivity contribution in [2.45, 2.75) is 32.6 Å². The molecule has 0 spiro atoms. The number of halogens is 1. The minimum absolute atomic E-state index is 0.244. The van der Waals surface area contributed by atoms with E-state index < -0.39 is 0 Å². The molecule has 80 valence electrons. The van der Waals surface area contributed by atoms with E-state index in [2.05, 4.69) is 34.1 Å². The second kappa shape index (κ2) is 3.75. The maximum absolute atomic E-state index is 11.1. The summed E-state index contributed by atoms with van der Waals surface area (Å²) in [6, 6.07) is 6.29. The molecule has 1 aromatic carbocycles. The predicted molar refractivity (Wildman–Crippen MR) is 65.0 cm³/mol. The highest BCUT2D eigenvalue weighted by Crippen LogP contribution is 2.45. The van der Waals surface area contributed by atoms with E-state index in [4.69, 9.17) is 0 Å². The van der Waals surface area contributed by atoms with Gasteiger partial charge < -0.3 is 4.79 Å². The maximum atomic E-state index is 11.1. The van der Waals surface area contributed by atoms with Crippen LogP contribution >= 0.6 is 15.9 Å². The number of hydrogen-bond donors (Lipinski definition) is 0. The Bertz CT molecular complexity index is 396. The van der Waals surface area contributed by atoms with Gasteiger partial charge in [0, 0.05) is 9.89 Å². The van der Waals surface area contributed by atoms with Gasteiger partial charge in [-0.25, -0.2) is 0 Å². The molecule has 0 amide bonds. The number of aldehydes is 1. The van der Waals surface area contributed by atoms with Crippen molar-refractivity contribution in [1.82, 2.24) is 0 Å². The fourth-order valence-electron chi connectivity index (χ4n) is 2.46. The quantitative estimate of drug-likeness (QED) is 0.746. The van der Waals surface area contributed by atoms with Crippen molar-refractivity contribution in [1.29, 1.82) is 0 Å². The van der Waals surface area contributed by atoms with Gasteiger partial charge in [-0.05, 0) is 36.0 Å². The van der Waals surface area contributed by atoms with Crippen LogP contribution in [0.4, 0.5) is 0 Å². The molecule has 15 heavy (non-hydrogen) atoms. The molecule has 0 fully saturated rings. The minimum atomic E-state index is -0.244. The van der Waals surface area contributed by atoms with Crippen LogP contribution in [0.1, 0.15) is 37.3 Å². The first-order chi connectivity index (χ1) is 7.06. The van der Waals surface area contributed by atoms with E-state index >= 15 is 0 Å². The Morgan fingerprint density at radius 1 is 1.47 bits per heavy atom. The van der Waals surface area contributed by atoms with Crippen LogP contribution in [-0.4, -0.2) is 6.29 Å². The third-order valence-electron chi connectivity index (χ3n) is 3.42. The normalized spacial score (nSPS) is 20.1. The van der Waals surface area contributed by atoms with Crippen molar-refractivity contribution in [2.75, 3.05) is 0 Å². The Labute approximate surface area is 99.0 Å². The third kappa shape index (κ3) is 1.76. The molecule has 2 heteroatoms. The number of rotatable bonds is 2. The lowest BCUT2D eigenvalue weighted by Gasteiger charge is -2.26. The average molecular weight is 267 g/mol. The first-order valence-electron chi connectivity index (χ1n) is 5.30. The molecule has 1 aliphatic carbocycles. The molecule has 0 heterocycles. The van der Waals surface area contributed by atoms with Crippen LogP contribution in [0.5, 0.6) is 0 Å². The fraction of sp³-hybridized carbons (Fsp3) is 0.462. The molecule has 0 aromatic heterocycles. The van der Waals surface area contributed by atoms with Crippen molar-refractivity contribution in [3.8, 4) is 0 Å². The van der Waals surface area contributed by atoms with E-state index in [-0.39, 0.29) is 5.41 Å². The van der Waals surface area contributed by atoms with Crippen LogP contribution in [0.2, 0.25) is 0 Å². The van der Waals surface area contributed by atoms with Crippen molar-refractivity contribution in [3.05, 3.63) is 33.8 Å². The van der Waals surface area contributed by atoms with E-state index in [1.807, 2.05) is 13.8 Å². The number of carbonyl (C=O) groups is 1. The lowest BCUT2D eigenvalue weighted by Crippen LogP contribution is -2.21. The van der Waals surface area contributed by atoms with Gasteiger partial charge in [-0.2, -0.15) is 0 Å². The number of carbonyl (C=O) groups excluding carboxylic acids is 1. The van der Waals surface area contributed by atoms with Crippen LogP contribution in [0.3, 0.4) is 0 Å². The van der Waals surface area contributed by atoms with Gasteiger partial charge in [-0.15, -0.1) is 0 Å². The highest BCUT2D eigenvalue weighted by molar-refractivity contribution is 9.10. The van der Waals surface area contributed by atoms with Gasteiger partial charge in [0.25, 0.3) is 0 Å². The molecule has 0 saturated carbocycles. The summed E-state index contributed by atoms with van der Waals surface area (Å²) in [6.07, 6.45) is 3.26. The van der Waals surface area contributed by atoms with Crippen molar-refractivity contribution in [2.24, 2.45) is 5.41 Å². The van der Waals surface area contributed by atoms with Gasteiger partial charge >= 0.3 is 0 Å². The van der Waals surface area contributed by atoms with Gasteiger partial charge in [-0.1, -0.05) is 41.9 Å². The number of fused-ring (bicyclic) bond motifs is 1. The fourth-order valence-corrected chi connectivity index (χ4v) is 3.04. The number of benzene rings is 1. The van der Waals surface area contributed by atoms with Crippen LogP contribution in [-0.2, 0) is 11.2 Å². The summed E-state index contributed by atoms with van der Waals surface area (Å²) in [5.74, 6) is 0.377. The number of hydrogen-bond acceptors (Lipinski definition) is 1. The molecular formula is C13H15BrO. The second-order valence-electron chi connectivity index (χ2n) is 4.84. The molecule has 0 saturated heterocycles. The molecule has 0 N–H and O–H groups in total. The van der Waals surface area contributed by atoms with Crippen molar-refractivity contribution in [3.63, 3.8) is 0 Å². The highest BCUT2D eigenvalue weighted by atomic mass is 79.9. The average Bonchev–Trinajstić information content (AvgIpc) is 2.63. The Morgan fingerprint density at radius 3 is 2.87 bits per heavy atom. The Balaban J connectivity index is 2.45. The summed E-state index contributed by atoms with van der Waals surface area (Å²) >= 11 is 3.58. The minimum Gasteiger partial charge on any atom is -0.303 e. The summed E-state index contributed by atoms with van der Waals surface area (Å²) in [7, 11) is 0. The topological polar surface area (TPSA) is 17.1 Å². The first-order valence-corrected chi connectivity index (χ1v) is 6.09. The summed E-state index contributed by atoms with van der Waals surface area (Å²) in [5, 5.41) is 0. The molecule has 1 unspecified atom stereocenters. The second-order valence-corrected chi connectivity index (χ2v) is 5.69. The molecule has 0 bridgehead atoms. The Morgan fingerprint density at radius 2 is 2.20 bits per heavy atom. The zero-order valence-corrected chi connectivity index (χ0v) is 10.7. The molecular weight excluding hydrogens is 252 g/mol. The zero-order chi connectivity index (χ0) is 11.1. The third-order valence-corrected chi connectivity index (χ3v) is 4.16. The maximum Gasteiger partial charge on any atom is 0.126 e. The van der Waals surface area contributed by atoms with E-state index in [9.17, 15) is 4.79 Å². The predicted octanol–water partition coefficient (Wildman–Crippen LogP) is 3.70. The lowest BCUT2D eigenvalue weighted by atomic mass is 9.77. The van der Waals surface area contributed by atoms with Gasteiger partial charge in [-0.3, -0.25) is 0 Å². The van der Waals surface area contributed by atoms with E-state index in [0.29, 0.717) is 5.92 Å². The zero-order valence-electron chi connectivity index (χ0n) is 9.09. The summed E-state index contributed by atoms with van der Waals surface area (Å²) in [6.45, 7) is 4.06. The molecule has 1 atom stereocenters. The summed E-state index contributed by atoms with van der Waals surface area (Å²) < 4.78 is 1.18. The van der Waals surface area contributed by atoms with Crippen LogP contribution in [0.15, 0.2) is 22.7 Å². The molecule has 2 rings (SSSR count). The Kier molecular flexibility index (Phi) is 2.72. The molecule has 1 aromatic rings. The summed E-state index contributed by atoms with van der Waals surface area (Å²) in [4.78, 5) is 11.1. The largest absolute Gasteiger partial charge is 0.303 e. The van der Waals surface area contributed by atoms with Gasteiger partial charge in [0.2, 0.25) is 0 Å². The smallest absolute Gasteiger partial charge is 0.126 e. The first kappa shape index (κ1) is 10.9. The lowest BCUT2D eigenvalue weighted by molar-refractivity contribution is -0.115. The molecule has 1 aliphatic rings. The monoisotopic (exact) mass is 266 g/mol. The highest BCUT2D eigenvalue weighted by Gasteiger charge is 2.35. The van der Waals surface area contributed by atoms with Crippen LogP contribution in [0, 0.1) is 5.41 Å². The van der Waals surface area contributed by atoms with Crippen LogP contribution in [0.25, 0.3) is 0 Å². The standard InChI is InChI=1S/C13H15BrO/c1-13(2,8-15)11-7-6-10-9(11)4-3-5-12(10)14/h3-5,8,11H,6-7H2,1-2H3. The van der Waals surface area contributed by atoms with Crippen molar-refractivity contribution < 1.29 is 4.79 Å². The van der Waals surface area contributed by atoms with Crippen LogP contribution < -0.4 is 0 Å². The molecule has 0 aliphatic heterocycles. The van der Waals surface area contributed by atoms with Crippen molar-refractivity contribution >= 4 is 22.2 Å². The molecule has 0 radical (unpaired) electrons. The van der Waals surface area contributed by atoms with Gasteiger partial charge in [0.15, 0.2) is 0 Å². The Hall–Kier alpha value is -0.630. The SMILES string of the molecule is CC(C)(C=O)C1CCc2c(Br)cccc21. The van der Waals surface area contributed by atoms with Gasteiger partial charge in [0.1, 0.15) is 6.29 Å². The van der Waals surface area contributed by atoms with E-state index in [1.165, 1.54) is 15.6 Å². The van der Waals surface area contributed by atoms with Gasteiger partial charge in [0.05, 0.1) is 0 Å². The summed E-state index contributed by atoms with van der Waals surface area (Å²) in [5.41, 5.74) is 2.49.